The number of aromatic nitrogens is 3. The third-order valence-corrected chi connectivity index (χ3v) is 6.74. The van der Waals surface area contributed by atoms with Crippen LogP contribution in [0.4, 0.5) is 35.4 Å². The number of halogens is 4. The minimum atomic E-state index is -4.54. The fourth-order valence-corrected chi connectivity index (χ4v) is 4.85. The van der Waals surface area contributed by atoms with E-state index in [0.29, 0.717) is 18.7 Å². The van der Waals surface area contributed by atoms with Gasteiger partial charge in [-0.3, -0.25) is 10.2 Å². The van der Waals surface area contributed by atoms with Gasteiger partial charge >= 0.3 is 12.2 Å². The summed E-state index contributed by atoms with van der Waals surface area (Å²) < 4.78 is 45.3. The molecule has 2 aliphatic rings. The first-order valence-electron chi connectivity index (χ1n) is 12.1. The number of pyridine rings is 1. The van der Waals surface area contributed by atoms with Gasteiger partial charge in [-0.15, -0.1) is 0 Å². The Kier molecular flexibility index (Phi) is 7.47. The van der Waals surface area contributed by atoms with Gasteiger partial charge in [0.25, 0.3) is 0 Å². The minimum Gasteiger partial charge on any atom is -0.488 e. The summed E-state index contributed by atoms with van der Waals surface area (Å²) >= 11 is 6.51. The van der Waals surface area contributed by atoms with E-state index in [-0.39, 0.29) is 46.4 Å². The van der Waals surface area contributed by atoms with E-state index in [2.05, 4.69) is 25.2 Å². The average Bonchev–Trinajstić information content (AvgIpc) is 2.92. The van der Waals surface area contributed by atoms with Gasteiger partial charge in [-0.05, 0) is 31.0 Å². The Morgan fingerprint density at radius 3 is 2.74 bits per heavy atom. The minimum absolute atomic E-state index is 0.0121. The molecule has 39 heavy (non-hydrogen) atoms. The monoisotopic (exact) mass is 564 g/mol. The normalized spacial score (nSPS) is 17.4. The fraction of sp³-hybridized carbons (Fsp3) is 0.360. The number of amides is 2. The maximum Gasteiger partial charge on any atom is 0.416 e. The lowest BCUT2D eigenvalue weighted by molar-refractivity contribution is -0.137. The highest BCUT2D eigenvalue weighted by Gasteiger charge is 2.39. The lowest BCUT2D eigenvalue weighted by Crippen LogP contribution is -2.56. The Morgan fingerprint density at radius 1 is 1.26 bits per heavy atom. The summed E-state index contributed by atoms with van der Waals surface area (Å²) in [5, 5.41) is 21.1. The lowest BCUT2D eigenvalue weighted by atomic mass is 9.99. The van der Waals surface area contributed by atoms with Crippen molar-refractivity contribution < 1.29 is 32.9 Å². The van der Waals surface area contributed by atoms with Gasteiger partial charge in [-0.25, -0.2) is 19.7 Å². The lowest BCUT2D eigenvalue weighted by Gasteiger charge is -2.45. The molecule has 0 saturated carbocycles. The number of aliphatic hydroxyl groups is 2. The molecular weight excluding hydrogens is 541 g/mol. The molecule has 1 saturated heterocycles. The van der Waals surface area contributed by atoms with Crippen molar-refractivity contribution in [2.45, 2.75) is 31.2 Å². The number of fused-ring (bicyclic) bond motifs is 4. The number of carbonyl (C=O) groups is 1. The molecule has 1 aromatic carbocycles. The highest BCUT2D eigenvalue weighted by molar-refractivity contribution is 6.33. The van der Waals surface area contributed by atoms with Gasteiger partial charge in [0.15, 0.2) is 11.6 Å². The van der Waals surface area contributed by atoms with E-state index in [1.54, 1.807) is 6.07 Å². The number of nitrogens with zero attached hydrogens (tertiary/aromatic N) is 5. The van der Waals surface area contributed by atoms with E-state index in [1.165, 1.54) is 29.4 Å². The fourth-order valence-electron chi connectivity index (χ4n) is 4.60. The van der Waals surface area contributed by atoms with Crippen molar-refractivity contribution >= 4 is 35.1 Å². The molecule has 206 valence electrons. The molecule has 0 spiro atoms. The number of benzene rings is 1. The number of aliphatic hydroxyl groups excluding tert-OH is 2. The summed E-state index contributed by atoms with van der Waals surface area (Å²) in [6, 6.07) is 5.55. The molecule has 3 N–H and O–H groups in total. The number of urea groups is 1. The molecule has 2 aliphatic heterocycles. The molecule has 4 heterocycles. The number of hydrogen-bond acceptors (Lipinski definition) is 8. The molecule has 5 rings (SSSR count). The molecule has 0 aliphatic carbocycles. The number of hydrogen-bond donors (Lipinski definition) is 3. The maximum absolute atomic E-state index is 13.5. The van der Waals surface area contributed by atoms with E-state index in [0.717, 1.165) is 25.1 Å². The maximum atomic E-state index is 13.5. The molecule has 1 unspecified atom stereocenters. The van der Waals surface area contributed by atoms with Crippen molar-refractivity contribution in [2.24, 2.45) is 0 Å². The first-order chi connectivity index (χ1) is 18.6. The van der Waals surface area contributed by atoms with Crippen molar-refractivity contribution in [3.05, 3.63) is 53.3 Å². The third kappa shape index (κ3) is 5.70. The predicted molar refractivity (Wildman–Crippen MR) is 137 cm³/mol. The first kappa shape index (κ1) is 26.9. The molecule has 2 amide bonds. The smallest absolute Gasteiger partial charge is 0.416 e. The van der Waals surface area contributed by atoms with Crippen LogP contribution in [0.3, 0.4) is 0 Å². The Hall–Kier alpha value is -3.68. The van der Waals surface area contributed by atoms with Gasteiger partial charge in [0, 0.05) is 18.7 Å². The van der Waals surface area contributed by atoms with Gasteiger partial charge < -0.3 is 19.8 Å². The van der Waals surface area contributed by atoms with Crippen molar-refractivity contribution in [1.82, 2.24) is 15.0 Å². The molecule has 2 atom stereocenters. The Morgan fingerprint density at radius 2 is 2.03 bits per heavy atom. The van der Waals surface area contributed by atoms with Crippen LogP contribution in [0, 0.1) is 0 Å². The summed E-state index contributed by atoms with van der Waals surface area (Å²) in [5.41, 5.74) is 0.0763. The molecular formula is C25H24ClF3N6O4. The Balaban J connectivity index is 1.45. The standard InChI is InChI=1S/C25H24ClF3N6O4/c26-19-8-20-22(32-21(19)14-3-1-4-15(7-14)25(27,28)29)35(16-5-2-6-34(20)11-16)24(38)33-23-30-9-18(10-31-23)39-13-17(37)12-36/h1,3-4,7-10,16-17,36-37H,2,5-6,11-13H2,(H,30,31,33,38)/t16-,17?/m0/s1. The summed E-state index contributed by atoms with van der Waals surface area (Å²) in [4.78, 5) is 29.8. The summed E-state index contributed by atoms with van der Waals surface area (Å²) in [5.74, 6) is 0.494. The second kappa shape index (κ2) is 10.8. The van der Waals surface area contributed by atoms with E-state index in [4.69, 9.17) is 21.4 Å². The van der Waals surface area contributed by atoms with E-state index in [1.807, 2.05) is 0 Å². The molecule has 2 aromatic heterocycles. The molecule has 2 bridgehead atoms. The second-order valence-electron chi connectivity index (χ2n) is 9.17. The van der Waals surface area contributed by atoms with Crippen LogP contribution in [-0.2, 0) is 6.18 Å². The highest BCUT2D eigenvalue weighted by atomic mass is 35.5. The van der Waals surface area contributed by atoms with E-state index in [9.17, 15) is 23.1 Å². The van der Waals surface area contributed by atoms with Crippen LogP contribution in [0.2, 0.25) is 5.02 Å². The van der Waals surface area contributed by atoms with E-state index >= 15 is 0 Å². The van der Waals surface area contributed by atoms with Crippen molar-refractivity contribution in [3.8, 4) is 17.0 Å². The van der Waals surface area contributed by atoms with Crippen LogP contribution in [0.5, 0.6) is 5.75 Å². The van der Waals surface area contributed by atoms with Gasteiger partial charge in [0.2, 0.25) is 5.95 Å². The van der Waals surface area contributed by atoms with Crippen LogP contribution in [-0.4, -0.2) is 69.6 Å². The van der Waals surface area contributed by atoms with Crippen LogP contribution < -0.4 is 19.9 Å². The largest absolute Gasteiger partial charge is 0.488 e. The number of rotatable bonds is 6. The van der Waals surface area contributed by atoms with Crippen molar-refractivity contribution in [3.63, 3.8) is 0 Å². The highest BCUT2D eigenvalue weighted by Crippen LogP contribution is 2.43. The quantitative estimate of drug-likeness (QED) is 0.411. The molecule has 0 radical (unpaired) electrons. The number of anilines is 3. The van der Waals surface area contributed by atoms with Crippen LogP contribution >= 0.6 is 11.6 Å². The van der Waals surface area contributed by atoms with Gasteiger partial charge in [-0.2, -0.15) is 13.2 Å². The first-order valence-corrected chi connectivity index (χ1v) is 12.5. The zero-order valence-corrected chi connectivity index (χ0v) is 21.2. The predicted octanol–water partition coefficient (Wildman–Crippen LogP) is 3.96. The number of ether oxygens (including phenoxy) is 1. The molecule has 1 fully saturated rings. The SMILES string of the molecule is O=C(Nc1ncc(OCC(O)CO)cn1)N1c2nc(-c3cccc(C(F)(F)F)c3)c(Cl)cc2N2CCC[C@H]1C2. The number of nitrogens with one attached hydrogen (secondary N) is 1. The Labute approximate surface area is 226 Å². The molecule has 14 heteroatoms. The number of piperidine rings is 1. The molecule has 10 nitrogen and oxygen atoms in total. The van der Waals surface area contributed by atoms with Gasteiger partial charge in [0.1, 0.15) is 12.7 Å². The van der Waals surface area contributed by atoms with Crippen molar-refractivity contribution in [2.75, 3.05) is 41.4 Å². The van der Waals surface area contributed by atoms with Crippen molar-refractivity contribution in [1.29, 1.82) is 0 Å². The summed E-state index contributed by atoms with van der Waals surface area (Å²) in [7, 11) is 0. The number of carbonyl (C=O) groups excluding carboxylic acids is 1. The Bertz CT molecular complexity index is 1360. The zero-order valence-electron chi connectivity index (χ0n) is 20.4. The van der Waals surface area contributed by atoms with Crippen LogP contribution in [0.15, 0.2) is 42.7 Å². The molecule has 3 aromatic rings. The number of alkyl halides is 3. The topological polar surface area (TPSA) is 124 Å². The van der Waals surface area contributed by atoms with Crippen LogP contribution in [0.1, 0.15) is 18.4 Å². The summed E-state index contributed by atoms with van der Waals surface area (Å²) in [6.45, 7) is 0.661. The van der Waals surface area contributed by atoms with Crippen LogP contribution in [0.25, 0.3) is 11.3 Å². The summed E-state index contributed by atoms with van der Waals surface area (Å²) in [6.07, 6.45) is -1.45. The van der Waals surface area contributed by atoms with Gasteiger partial charge in [0.05, 0.1) is 47.0 Å². The average molecular weight is 565 g/mol. The third-order valence-electron chi connectivity index (χ3n) is 6.45. The van der Waals surface area contributed by atoms with Gasteiger partial charge in [-0.1, -0.05) is 23.7 Å². The zero-order chi connectivity index (χ0) is 27.7. The van der Waals surface area contributed by atoms with E-state index < -0.39 is 30.5 Å². The second-order valence-corrected chi connectivity index (χ2v) is 9.58.